The van der Waals surface area contributed by atoms with E-state index in [0.29, 0.717) is 11.3 Å². The number of nitrogens with zero attached hydrogens (tertiary/aromatic N) is 3. The molecule has 100 valence electrons. The monoisotopic (exact) mass is 263 g/mol. The lowest BCUT2D eigenvalue weighted by Crippen LogP contribution is -2.04. The number of imidazole rings is 1. The SMILES string of the molecule is Cn1ccnc1COc1ccc([N+](=O)[O-])cc1CO. The zero-order valence-corrected chi connectivity index (χ0v) is 10.3. The number of aromatic nitrogens is 2. The predicted molar refractivity (Wildman–Crippen MR) is 66.6 cm³/mol. The van der Waals surface area contributed by atoms with Gasteiger partial charge >= 0.3 is 0 Å². The van der Waals surface area contributed by atoms with Crippen molar-refractivity contribution in [2.24, 2.45) is 7.05 Å². The van der Waals surface area contributed by atoms with Crippen molar-refractivity contribution in [3.05, 3.63) is 52.1 Å². The Morgan fingerprint density at radius 1 is 1.53 bits per heavy atom. The second-order valence-electron chi connectivity index (χ2n) is 3.95. The molecule has 0 aliphatic rings. The molecule has 2 rings (SSSR count). The number of aliphatic hydroxyl groups is 1. The molecule has 1 heterocycles. The van der Waals surface area contributed by atoms with Crippen molar-refractivity contribution in [2.75, 3.05) is 0 Å². The van der Waals surface area contributed by atoms with Gasteiger partial charge in [-0.2, -0.15) is 0 Å². The van der Waals surface area contributed by atoms with Crippen molar-refractivity contribution >= 4 is 5.69 Å². The first-order valence-corrected chi connectivity index (χ1v) is 5.59. The number of ether oxygens (including phenoxy) is 1. The summed E-state index contributed by atoms with van der Waals surface area (Å²) in [5, 5.41) is 19.9. The first-order valence-electron chi connectivity index (χ1n) is 5.59. The molecule has 1 N–H and O–H groups in total. The van der Waals surface area contributed by atoms with Crippen LogP contribution in [0, 0.1) is 10.1 Å². The number of rotatable bonds is 5. The van der Waals surface area contributed by atoms with Gasteiger partial charge in [-0.05, 0) is 6.07 Å². The number of nitro benzene ring substituents is 1. The summed E-state index contributed by atoms with van der Waals surface area (Å²) in [6.45, 7) is -0.0914. The van der Waals surface area contributed by atoms with Crippen molar-refractivity contribution in [3.8, 4) is 5.75 Å². The fourth-order valence-corrected chi connectivity index (χ4v) is 1.62. The van der Waals surface area contributed by atoms with Gasteiger partial charge in [-0.15, -0.1) is 0 Å². The summed E-state index contributed by atoms with van der Waals surface area (Å²) >= 11 is 0. The van der Waals surface area contributed by atoms with Gasteiger partial charge < -0.3 is 14.4 Å². The van der Waals surface area contributed by atoms with Crippen LogP contribution in [0.2, 0.25) is 0 Å². The van der Waals surface area contributed by atoms with E-state index in [1.54, 1.807) is 12.4 Å². The van der Waals surface area contributed by atoms with Crippen LogP contribution >= 0.6 is 0 Å². The maximum absolute atomic E-state index is 10.6. The summed E-state index contributed by atoms with van der Waals surface area (Å²) in [7, 11) is 1.84. The lowest BCUT2D eigenvalue weighted by molar-refractivity contribution is -0.385. The molecule has 7 heteroatoms. The van der Waals surface area contributed by atoms with Crippen LogP contribution in [0.25, 0.3) is 0 Å². The standard InChI is InChI=1S/C12H13N3O4/c1-14-5-4-13-12(14)8-19-11-3-2-10(15(17)18)6-9(11)7-16/h2-6,16H,7-8H2,1H3. The van der Waals surface area contributed by atoms with E-state index in [2.05, 4.69) is 4.98 Å². The largest absolute Gasteiger partial charge is 0.485 e. The van der Waals surface area contributed by atoms with Crippen molar-refractivity contribution < 1.29 is 14.8 Å². The normalized spacial score (nSPS) is 10.4. The summed E-state index contributed by atoms with van der Waals surface area (Å²) in [4.78, 5) is 14.2. The summed E-state index contributed by atoms with van der Waals surface area (Å²) in [6, 6.07) is 4.12. The van der Waals surface area contributed by atoms with Crippen LogP contribution in [0.5, 0.6) is 5.75 Å². The number of non-ortho nitro benzene ring substituents is 1. The summed E-state index contributed by atoms with van der Waals surface area (Å²) in [5.74, 6) is 1.14. The van der Waals surface area contributed by atoms with Crippen LogP contribution in [-0.2, 0) is 20.3 Å². The molecule has 19 heavy (non-hydrogen) atoms. The van der Waals surface area contributed by atoms with Gasteiger partial charge in [0.2, 0.25) is 0 Å². The Labute approximate surface area is 109 Å². The molecule has 0 radical (unpaired) electrons. The van der Waals surface area contributed by atoms with Crippen LogP contribution in [0.4, 0.5) is 5.69 Å². The highest BCUT2D eigenvalue weighted by Crippen LogP contribution is 2.24. The Morgan fingerprint density at radius 3 is 2.89 bits per heavy atom. The van der Waals surface area contributed by atoms with Crippen LogP contribution < -0.4 is 4.74 Å². The highest BCUT2D eigenvalue weighted by atomic mass is 16.6. The van der Waals surface area contributed by atoms with Gasteiger partial charge in [-0.1, -0.05) is 0 Å². The van der Waals surface area contributed by atoms with Crippen molar-refractivity contribution in [3.63, 3.8) is 0 Å². The van der Waals surface area contributed by atoms with Gasteiger partial charge in [0.1, 0.15) is 18.2 Å². The van der Waals surface area contributed by atoms with Crippen molar-refractivity contribution in [2.45, 2.75) is 13.2 Å². The first-order chi connectivity index (χ1) is 9.11. The van der Waals surface area contributed by atoms with Gasteiger partial charge in [0.05, 0.1) is 11.5 Å². The lowest BCUT2D eigenvalue weighted by Gasteiger charge is -2.09. The zero-order chi connectivity index (χ0) is 13.8. The van der Waals surface area contributed by atoms with E-state index in [0.717, 1.165) is 5.82 Å². The van der Waals surface area contributed by atoms with Gasteiger partial charge in [0.15, 0.2) is 0 Å². The molecule has 0 unspecified atom stereocenters. The quantitative estimate of drug-likeness (QED) is 0.650. The highest BCUT2D eigenvalue weighted by molar-refractivity contribution is 5.43. The predicted octanol–water partition coefficient (Wildman–Crippen LogP) is 1.40. The van der Waals surface area contributed by atoms with Crippen molar-refractivity contribution in [1.82, 2.24) is 9.55 Å². The first kappa shape index (κ1) is 13.0. The van der Waals surface area contributed by atoms with E-state index in [1.165, 1.54) is 18.2 Å². The molecule has 0 bridgehead atoms. The Hall–Kier alpha value is -2.41. The molecule has 0 amide bonds. The molecule has 1 aromatic carbocycles. The zero-order valence-electron chi connectivity index (χ0n) is 10.3. The number of nitro groups is 1. The highest BCUT2D eigenvalue weighted by Gasteiger charge is 2.11. The van der Waals surface area contributed by atoms with E-state index >= 15 is 0 Å². The molecule has 0 aliphatic carbocycles. The minimum Gasteiger partial charge on any atom is -0.485 e. The third-order valence-electron chi connectivity index (χ3n) is 2.70. The van der Waals surface area contributed by atoms with E-state index in [4.69, 9.17) is 4.74 Å². The number of hydrogen-bond acceptors (Lipinski definition) is 5. The molecule has 0 saturated heterocycles. The Kier molecular flexibility index (Phi) is 3.76. The molecule has 0 fully saturated rings. The van der Waals surface area contributed by atoms with Crippen LogP contribution in [-0.4, -0.2) is 19.6 Å². The average Bonchev–Trinajstić information content (AvgIpc) is 2.81. The number of benzene rings is 1. The summed E-state index contributed by atoms with van der Waals surface area (Å²) in [5.41, 5.74) is 0.303. The van der Waals surface area contributed by atoms with E-state index < -0.39 is 4.92 Å². The number of hydrogen-bond donors (Lipinski definition) is 1. The second kappa shape index (κ2) is 5.49. The maximum Gasteiger partial charge on any atom is 0.270 e. The minimum absolute atomic E-state index is 0.0756. The van der Waals surface area contributed by atoms with E-state index in [9.17, 15) is 15.2 Å². The third-order valence-corrected chi connectivity index (χ3v) is 2.70. The summed E-state index contributed by atoms with van der Waals surface area (Å²) in [6.07, 6.45) is 3.45. The van der Waals surface area contributed by atoms with Gasteiger partial charge in [0.25, 0.3) is 5.69 Å². The molecule has 2 aromatic rings. The molecule has 0 atom stereocenters. The Bertz CT molecular complexity index is 594. The number of aliphatic hydroxyl groups excluding tert-OH is 1. The molecule has 0 saturated carbocycles. The Morgan fingerprint density at radius 2 is 2.32 bits per heavy atom. The van der Waals surface area contributed by atoms with Crippen molar-refractivity contribution in [1.29, 1.82) is 0 Å². The maximum atomic E-state index is 10.6. The topological polar surface area (TPSA) is 90.4 Å². The van der Waals surface area contributed by atoms with E-state index in [-0.39, 0.29) is 18.9 Å². The third kappa shape index (κ3) is 2.89. The Balaban J connectivity index is 2.16. The molecular formula is C12H13N3O4. The minimum atomic E-state index is -0.512. The van der Waals surface area contributed by atoms with Gasteiger partial charge in [-0.3, -0.25) is 10.1 Å². The van der Waals surface area contributed by atoms with Crippen LogP contribution in [0.1, 0.15) is 11.4 Å². The molecule has 1 aromatic heterocycles. The second-order valence-corrected chi connectivity index (χ2v) is 3.95. The lowest BCUT2D eigenvalue weighted by atomic mass is 10.2. The van der Waals surface area contributed by atoms with Gasteiger partial charge in [0, 0.05) is 37.1 Å². The molecule has 7 nitrogen and oxygen atoms in total. The van der Waals surface area contributed by atoms with Crippen LogP contribution in [0.15, 0.2) is 30.6 Å². The number of aryl methyl sites for hydroxylation is 1. The fourth-order valence-electron chi connectivity index (χ4n) is 1.62. The average molecular weight is 263 g/mol. The van der Waals surface area contributed by atoms with Crippen LogP contribution in [0.3, 0.4) is 0 Å². The molecule has 0 aliphatic heterocycles. The summed E-state index contributed by atoms with van der Waals surface area (Å²) < 4.78 is 7.33. The van der Waals surface area contributed by atoms with Gasteiger partial charge in [-0.25, -0.2) is 4.98 Å². The molecule has 0 spiro atoms. The fraction of sp³-hybridized carbons (Fsp3) is 0.250. The smallest absolute Gasteiger partial charge is 0.270 e. The van der Waals surface area contributed by atoms with E-state index in [1.807, 2.05) is 11.6 Å². The molecular weight excluding hydrogens is 250 g/mol.